The van der Waals surface area contributed by atoms with Crippen LogP contribution >= 0.6 is 0 Å². The van der Waals surface area contributed by atoms with E-state index < -0.39 is 0 Å². The molecule has 2 heterocycles. The molecule has 2 aromatic heterocycles. The van der Waals surface area contributed by atoms with Gasteiger partial charge in [0.15, 0.2) is 0 Å². The molecular weight excluding hydrogens is 312 g/mol. The van der Waals surface area contributed by atoms with E-state index in [0.29, 0.717) is 12.1 Å². The zero-order chi connectivity index (χ0) is 17.1. The number of pyridine rings is 1. The Morgan fingerprint density at radius 1 is 1.08 bits per heavy atom. The number of nitrogens with zero attached hydrogens (tertiary/aromatic N) is 5. The summed E-state index contributed by atoms with van der Waals surface area (Å²) in [6.45, 7) is 0.611. The lowest BCUT2D eigenvalue weighted by molar-refractivity contribution is 0.877. The highest BCUT2D eigenvalue weighted by atomic mass is 15.3. The molecule has 1 N–H and O–H groups in total. The van der Waals surface area contributed by atoms with Gasteiger partial charge in [-0.1, -0.05) is 30.3 Å². The SMILES string of the molecule is N#Cc1cnc2ccccc2c1NCc1ccc(-n2cncn2)cc1. The summed E-state index contributed by atoms with van der Waals surface area (Å²) in [7, 11) is 0. The number of hydrogen-bond acceptors (Lipinski definition) is 5. The minimum Gasteiger partial charge on any atom is -0.379 e. The number of para-hydroxylation sites is 1. The summed E-state index contributed by atoms with van der Waals surface area (Å²) in [4.78, 5) is 8.28. The van der Waals surface area contributed by atoms with Crippen molar-refractivity contribution in [3.05, 3.63) is 78.5 Å². The number of nitriles is 1. The van der Waals surface area contributed by atoms with Crippen molar-refractivity contribution in [1.82, 2.24) is 19.7 Å². The Balaban J connectivity index is 1.59. The molecule has 4 rings (SSSR count). The molecule has 0 fully saturated rings. The van der Waals surface area contributed by atoms with Crippen molar-refractivity contribution in [2.45, 2.75) is 6.54 Å². The van der Waals surface area contributed by atoms with Crippen LogP contribution in [0.5, 0.6) is 0 Å². The first-order valence-corrected chi connectivity index (χ1v) is 7.81. The van der Waals surface area contributed by atoms with Gasteiger partial charge in [0, 0.05) is 18.1 Å². The van der Waals surface area contributed by atoms with Crippen molar-refractivity contribution in [1.29, 1.82) is 5.26 Å². The number of nitrogens with one attached hydrogen (secondary N) is 1. The molecule has 0 aliphatic carbocycles. The van der Waals surface area contributed by atoms with E-state index in [0.717, 1.165) is 27.8 Å². The average molecular weight is 326 g/mol. The standard InChI is InChI=1S/C19H14N6/c20-9-15-11-22-18-4-2-1-3-17(18)19(15)23-10-14-5-7-16(8-6-14)25-13-21-12-24-25/h1-8,11-13H,10H2,(H,22,23). The van der Waals surface area contributed by atoms with Gasteiger partial charge in [-0.2, -0.15) is 10.4 Å². The quantitative estimate of drug-likeness (QED) is 0.622. The number of fused-ring (bicyclic) bond motifs is 1. The average Bonchev–Trinajstić information content (AvgIpc) is 3.21. The maximum atomic E-state index is 9.37. The Morgan fingerprint density at radius 2 is 1.92 bits per heavy atom. The monoisotopic (exact) mass is 326 g/mol. The number of rotatable bonds is 4. The number of anilines is 1. The molecule has 6 heteroatoms. The van der Waals surface area contributed by atoms with Crippen LogP contribution in [0.2, 0.25) is 0 Å². The Kier molecular flexibility index (Phi) is 3.81. The third kappa shape index (κ3) is 2.91. The topological polar surface area (TPSA) is 79.4 Å². The molecule has 0 radical (unpaired) electrons. The second-order valence-corrected chi connectivity index (χ2v) is 5.54. The van der Waals surface area contributed by atoms with E-state index in [1.807, 2.05) is 48.5 Å². The number of hydrogen-bond donors (Lipinski definition) is 1. The van der Waals surface area contributed by atoms with Crippen molar-refractivity contribution in [2.24, 2.45) is 0 Å². The van der Waals surface area contributed by atoms with E-state index in [1.54, 1.807) is 17.2 Å². The van der Waals surface area contributed by atoms with Gasteiger partial charge in [-0.15, -0.1) is 0 Å². The fraction of sp³-hybridized carbons (Fsp3) is 0.0526. The fourth-order valence-corrected chi connectivity index (χ4v) is 2.72. The molecule has 25 heavy (non-hydrogen) atoms. The van der Waals surface area contributed by atoms with Crippen LogP contribution in [-0.2, 0) is 6.54 Å². The van der Waals surface area contributed by atoms with Gasteiger partial charge in [-0.25, -0.2) is 9.67 Å². The Hall–Kier alpha value is -3.72. The van der Waals surface area contributed by atoms with E-state index in [9.17, 15) is 5.26 Å². The Bertz CT molecular complexity index is 1050. The molecule has 0 spiro atoms. The van der Waals surface area contributed by atoms with E-state index >= 15 is 0 Å². The lowest BCUT2D eigenvalue weighted by Gasteiger charge is -2.11. The van der Waals surface area contributed by atoms with Crippen LogP contribution in [-0.4, -0.2) is 19.7 Å². The van der Waals surface area contributed by atoms with Crippen LogP contribution in [0.3, 0.4) is 0 Å². The minimum atomic E-state index is 0.540. The minimum absolute atomic E-state index is 0.540. The summed E-state index contributed by atoms with van der Waals surface area (Å²) < 4.78 is 1.71. The summed E-state index contributed by atoms with van der Waals surface area (Å²) in [5.74, 6) is 0. The van der Waals surface area contributed by atoms with Crippen LogP contribution in [0.1, 0.15) is 11.1 Å². The molecule has 0 aliphatic rings. The van der Waals surface area contributed by atoms with E-state index in [4.69, 9.17) is 0 Å². The highest BCUT2D eigenvalue weighted by Gasteiger charge is 2.08. The molecule has 0 unspecified atom stereocenters. The lowest BCUT2D eigenvalue weighted by Crippen LogP contribution is -2.03. The number of aromatic nitrogens is 4. The van der Waals surface area contributed by atoms with Crippen molar-refractivity contribution in [3.63, 3.8) is 0 Å². The van der Waals surface area contributed by atoms with Crippen molar-refractivity contribution < 1.29 is 0 Å². The van der Waals surface area contributed by atoms with Gasteiger partial charge < -0.3 is 5.32 Å². The van der Waals surface area contributed by atoms with E-state index in [-0.39, 0.29) is 0 Å². The molecule has 0 bridgehead atoms. The lowest BCUT2D eigenvalue weighted by atomic mass is 10.1. The molecule has 0 aliphatic heterocycles. The molecule has 0 atom stereocenters. The first-order chi connectivity index (χ1) is 12.3. The zero-order valence-electron chi connectivity index (χ0n) is 13.3. The molecular formula is C19H14N6. The predicted octanol–water partition coefficient (Wildman–Crippen LogP) is 3.30. The fourth-order valence-electron chi connectivity index (χ4n) is 2.72. The number of benzene rings is 2. The highest BCUT2D eigenvalue weighted by Crippen LogP contribution is 2.26. The molecule has 0 saturated heterocycles. The summed E-state index contributed by atoms with van der Waals surface area (Å²) >= 11 is 0. The zero-order valence-corrected chi connectivity index (χ0v) is 13.3. The molecule has 120 valence electrons. The largest absolute Gasteiger partial charge is 0.379 e. The second-order valence-electron chi connectivity index (χ2n) is 5.54. The third-order valence-corrected chi connectivity index (χ3v) is 3.98. The first-order valence-electron chi connectivity index (χ1n) is 7.81. The smallest absolute Gasteiger partial charge is 0.138 e. The molecule has 6 nitrogen and oxygen atoms in total. The van der Waals surface area contributed by atoms with Crippen LogP contribution in [0.25, 0.3) is 16.6 Å². The van der Waals surface area contributed by atoms with Gasteiger partial charge >= 0.3 is 0 Å². The summed E-state index contributed by atoms with van der Waals surface area (Å²) in [6.07, 6.45) is 4.78. The van der Waals surface area contributed by atoms with Crippen LogP contribution in [0.15, 0.2) is 67.4 Å². The van der Waals surface area contributed by atoms with Crippen molar-refractivity contribution >= 4 is 16.6 Å². The van der Waals surface area contributed by atoms with Gasteiger partial charge in [0.25, 0.3) is 0 Å². The maximum absolute atomic E-state index is 9.37. The summed E-state index contributed by atoms with van der Waals surface area (Å²) in [6, 6.07) is 18.0. The van der Waals surface area contributed by atoms with Gasteiger partial charge in [0.05, 0.1) is 22.5 Å². The molecule has 2 aromatic carbocycles. The van der Waals surface area contributed by atoms with Crippen LogP contribution in [0, 0.1) is 11.3 Å². The third-order valence-electron chi connectivity index (χ3n) is 3.98. The predicted molar refractivity (Wildman–Crippen MR) is 95.1 cm³/mol. The normalized spacial score (nSPS) is 10.5. The highest BCUT2D eigenvalue weighted by molar-refractivity contribution is 5.93. The molecule has 0 amide bonds. The Labute approximate surface area is 144 Å². The summed E-state index contributed by atoms with van der Waals surface area (Å²) in [5.41, 5.74) is 4.28. The van der Waals surface area contributed by atoms with Gasteiger partial charge in [-0.3, -0.25) is 4.98 Å². The van der Waals surface area contributed by atoms with Crippen LogP contribution in [0.4, 0.5) is 5.69 Å². The van der Waals surface area contributed by atoms with E-state index in [2.05, 4.69) is 26.5 Å². The van der Waals surface area contributed by atoms with Gasteiger partial charge in [0.1, 0.15) is 18.7 Å². The van der Waals surface area contributed by atoms with Gasteiger partial charge in [-0.05, 0) is 23.8 Å². The van der Waals surface area contributed by atoms with E-state index in [1.165, 1.54) is 6.33 Å². The van der Waals surface area contributed by atoms with Crippen molar-refractivity contribution in [2.75, 3.05) is 5.32 Å². The van der Waals surface area contributed by atoms with Crippen LogP contribution < -0.4 is 5.32 Å². The molecule has 0 saturated carbocycles. The second kappa shape index (κ2) is 6.42. The maximum Gasteiger partial charge on any atom is 0.138 e. The molecule has 4 aromatic rings. The van der Waals surface area contributed by atoms with Gasteiger partial charge in [0.2, 0.25) is 0 Å². The summed E-state index contributed by atoms with van der Waals surface area (Å²) in [5, 5.41) is 17.8. The first kappa shape index (κ1) is 14.8. The Morgan fingerprint density at radius 3 is 2.68 bits per heavy atom. The van der Waals surface area contributed by atoms with Crippen molar-refractivity contribution in [3.8, 4) is 11.8 Å².